The van der Waals surface area contributed by atoms with E-state index in [4.69, 9.17) is 14.2 Å². The number of hydrogen-bond donors (Lipinski definition) is 0. The quantitative estimate of drug-likeness (QED) is 0.0344. The highest BCUT2D eigenvalue weighted by Gasteiger charge is 2.19. The molecule has 0 saturated heterocycles. The molecule has 1 unspecified atom stereocenters. The van der Waals surface area contributed by atoms with E-state index in [2.05, 4.69) is 27.7 Å². The van der Waals surface area contributed by atoms with E-state index < -0.39 is 6.10 Å². The normalized spacial score (nSPS) is 12.4. The first-order valence-electron chi connectivity index (χ1n) is 29.4. The first-order valence-corrected chi connectivity index (χ1v) is 29.4. The molecule has 0 aromatic rings. The van der Waals surface area contributed by atoms with E-state index in [1.54, 1.807) is 0 Å². The van der Waals surface area contributed by atoms with Crippen molar-refractivity contribution in [1.82, 2.24) is 0 Å². The molecule has 0 aliphatic heterocycles. The van der Waals surface area contributed by atoms with Crippen LogP contribution in [0.2, 0.25) is 0 Å². The lowest BCUT2D eigenvalue weighted by atomic mass is 9.99. The van der Waals surface area contributed by atoms with Crippen molar-refractivity contribution >= 4 is 17.9 Å². The fourth-order valence-electron chi connectivity index (χ4n) is 9.07. The van der Waals surface area contributed by atoms with Crippen molar-refractivity contribution in [1.29, 1.82) is 0 Å². The second-order valence-electron chi connectivity index (χ2n) is 20.5. The Labute approximate surface area is 406 Å². The van der Waals surface area contributed by atoms with Gasteiger partial charge >= 0.3 is 17.9 Å². The summed E-state index contributed by atoms with van der Waals surface area (Å²) in [5, 5.41) is 0. The van der Waals surface area contributed by atoms with E-state index in [1.165, 1.54) is 231 Å². The van der Waals surface area contributed by atoms with Gasteiger partial charge in [-0.25, -0.2) is 0 Å². The van der Waals surface area contributed by atoms with Gasteiger partial charge in [-0.1, -0.05) is 297 Å². The maximum atomic E-state index is 12.8. The molecule has 0 fully saturated rings. The zero-order chi connectivity index (χ0) is 47.4. The number of esters is 3. The van der Waals surface area contributed by atoms with E-state index in [-0.39, 0.29) is 31.1 Å². The van der Waals surface area contributed by atoms with Gasteiger partial charge in [0.15, 0.2) is 6.10 Å². The third kappa shape index (κ3) is 51.6. The van der Waals surface area contributed by atoms with Crippen LogP contribution >= 0.6 is 0 Å². The van der Waals surface area contributed by atoms with Crippen LogP contribution in [0.1, 0.15) is 336 Å². The number of carbonyl (C=O) groups is 3. The minimum Gasteiger partial charge on any atom is -0.462 e. The van der Waals surface area contributed by atoms with Crippen molar-refractivity contribution in [2.75, 3.05) is 13.2 Å². The van der Waals surface area contributed by atoms with Crippen LogP contribution in [-0.2, 0) is 28.6 Å². The predicted octanol–water partition coefficient (Wildman–Crippen LogP) is 19.4. The lowest BCUT2D eigenvalue weighted by Crippen LogP contribution is -2.30. The molecule has 0 spiro atoms. The average molecular weight is 920 g/mol. The molecule has 0 aliphatic rings. The summed E-state index contributed by atoms with van der Waals surface area (Å²) in [5.41, 5.74) is 0. The van der Waals surface area contributed by atoms with Gasteiger partial charge in [0, 0.05) is 19.3 Å². The van der Waals surface area contributed by atoms with Gasteiger partial charge in [0.1, 0.15) is 13.2 Å². The van der Waals surface area contributed by atoms with Gasteiger partial charge in [0.25, 0.3) is 0 Å². The Bertz CT molecular complexity index is 982. The van der Waals surface area contributed by atoms with Crippen LogP contribution in [0.5, 0.6) is 0 Å². The summed E-state index contributed by atoms with van der Waals surface area (Å²) >= 11 is 0. The van der Waals surface area contributed by atoms with E-state index in [1.807, 2.05) is 0 Å². The molecule has 0 N–H and O–H groups in total. The van der Waals surface area contributed by atoms with E-state index >= 15 is 0 Å². The highest BCUT2D eigenvalue weighted by Crippen LogP contribution is 2.18. The Morgan fingerprint density at radius 1 is 0.308 bits per heavy atom. The molecule has 0 aliphatic carbocycles. The molecule has 0 heterocycles. The zero-order valence-corrected chi connectivity index (χ0v) is 44.5. The Hall–Kier alpha value is -1.59. The molecule has 0 bridgehead atoms. The monoisotopic (exact) mass is 919 g/mol. The van der Waals surface area contributed by atoms with Crippen molar-refractivity contribution in [3.8, 4) is 0 Å². The summed E-state index contributed by atoms with van der Waals surface area (Å²) in [6.45, 7) is 9.10. The van der Waals surface area contributed by atoms with Crippen molar-refractivity contribution in [3.05, 3.63) is 0 Å². The van der Waals surface area contributed by atoms with Crippen molar-refractivity contribution in [2.24, 2.45) is 5.92 Å². The summed E-state index contributed by atoms with van der Waals surface area (Å²) in [7, 11) is 0. The van der Waals surface area contributed by atoms with Crippen LogP contribution in [0, 0.1) is 5.92 Å². The maximum Gasteiger partial charge on any atom is 0.306 e. The molecule has 0 amide bonds. The standard InChI is InChI=1S/C59H114O6/c1-5-8-10-12-14-16-18-19-24-29-32-36-40-44-48-52-59(62)65-56(53-63-57(60)50-46-42-38-34-17-15-13-11-9-6-2)54-64-58(61)51-47-43-39-35-31-28-26-23-21-20-22-25-27-30-33-37-41-45-49-55(4)7-3/h55-56H,5-54H2,1-4H3/t55?,56-/m1/s1. The van der Waals surface area contributed by atoms with Gasteiger partial charge in [-0.3, -0.25) is 14.4 Å². The molecule has 386 valence electrons. The molecule has 0 aromatic heterocycles. The van der Waals surface area contributed by atoms with E-state index in [0.717, 1.165) is 63.7 Å². The number of unbranched alkanes of at least 4 members (excludes halogenated alkanes) is 40. The minimum atomic E-state index is -0.761. The zero-order valence-electron chi connectivity index (χ0n) is 44.5. The summed E-state index contributed by atoms with van der Waals surface area (Å²) in [6.07, 6.45) is 58.1. The van der Waals surface area contributed by atoms with Gasteiger partial charge in [-0.2, -0.15) is 0 Å². The summed E-state index contributed by atoms with van der Waals surface area (Å²) in [6, 6.07) is 0. The smallest absolute Gasteiger partial charge is 0.306 e. The first kappa shape index (κ1) is 63.4. The van der Waals surface area contributed by atoms with Crippen LogP contribution in [0.15, 0.2) is 0 Å². The summed E-state index contributed by atoms with van der Waals surface area (Å²) in [5.74, 6) is 0.0734. The fraction of sp³-hybridized carbons (Fsp3) is 0.949. The SMILES string of the molecule is CCCCCCCCCCCCCCCCCC(=O)O[C@H](COC(=O)CCCCCCCCCCCC)COC(=O)CCCCCCCCCCCCCCCCCCCCC(C)CC. The third-order valence-corrected chi connectivity index (χ3v) is 13.9. The Morgan fingerprint density at radius 3 is 0.800 bits per heavy atom. The lowest BCUT2D eigenvalue weighted by Gasteiger charge is -2.18. The predicted molar refractivity (Wildman–Crippen MR) is 280 cm³/mol. The van der Waals surface area contributed by atoms with Crippen molar-refractivity contribution in [2.45, 2.75) is 342 Å². The van der Waals surface area contributed by atoms with Gasteiger partial charge in [-0.05, 0) is 25.2 Å². The lowest BCUT2D eigenvalue weighted by molar-refractivity contribution is -0.167. The maximum absolute atomic E-state index is 12.8. The average Bonchev–Trinajstić information content (AvgIpc) is 3.30. The molecule has 0 saturated carbocycles. The fourth-order valence-corrected chi connectivity index (χ4v) is 9.07. The van der Waals surface area contributed by atoms with Crippen molar-refractivity contribution in [3.63, 3.8) is 0 Å². The molecule has 6 heteroatoms. The Balaban J connectivity index is 4.19. The van der Waals surface area contributed by atoms with E-state index in [9.17, 15) is 14.4 Å². The van der Waals surface area contributed by atoms with Crippen LogP contribution in [0.4, 0.5) is 0 Å². The van der Waals surface area contributed by atoms with Crippen LogP contribution in [-0.4, -0.2) is 37.2 Å². The molecule has 2 atom stereocenters. The first-order chi connectivity index (χ1) is 31.9. The van der Waals surface area contributed by atoms with Crippen LogP contribution in [0.25, 0.3) is 0 Å². The molecule has 6 nitrogen and oxygen atoms in total. The highest BCUT2D eigenvalue weighted by molar-refractivity contribution is 5.71. The molecular formula is C59H114O6. The van der Waals surface area contributed by atoms with Crippen LogP contribution in [0.3, 0.4) is 0 Å². The van der Waals surface area contributed by atoms with Gasteiger partial charge in [-0.15, -0.1) is 0 Å². The topological polar surface area (TPSA) is 78.9 Å². The molecule has 0 rings (SSSR count). The van der Waals surface area contributed by atoms with Crippen LogP contribution < -0.4 is 0 Å². The molecular weight excluding hydrogens is 805 g/mol. The largest absolute Gasteiger partial charge is 0.462 e. The van der Waals surface area contributed by atoms with E-state index in [0.29, 0.717) is 19.3 Å². The second-order valence-corrected chi connectivity index (χ2v) is 20.5. The van der Waals surface area contributed by atoms with Gasteiger partial charge in [0.05, 0.1) is 0 Å². The number of rotatable bonds is 54. The van der Waals surface area contributed by atoms with Gasteiger partial charge < -0.3 is 14.2 Å². The minimum absolute atomic E-state index is 0.0618. The second kappa shape index (κ2) is 53.4. The van der Waals surface area contributed by atoms with Crippen molar-refractivity contribution < 1.29 is 28.6 Å². The summed E-state index contributed by atoms with van der Waals surface area (Å²) in [4.78, 5) is 38.1. The molecule has 65 heavy (non-hydrogen) atoms. The Kier molecular flexibility index (Phi) is 52.1. The van der Waals surface area contributed by atoms with Gasteiger partial charge in [0.2, 0.25) is 0 Å². The molecule has 0 radical (unpaired) electrons. The molecule has 0 aromatic carbocycles. The Morgan fingerprint density at radius 2 is 0.538 bits per heavy atom. The third-order valence-electron chi connectivity index (χ3n) is 13.9. The summed E-state index contributed by atoms with van der Waals surface area (Å²) < 4.78 is 16.9. The number of hydrogen-bond acceptors (Lipinski definition) is 6. The number of ether oxygens (including phenoxy) is 3. The number of carbonyl (C=O) groups excluding carboxylic acids is 3. The highest BCUT2D eigenvalue weighted by atomic mass is 16.6.